The van der Waals surface area contributed by atoms with Gasteiger partial charge in [-0.2, -0.15) is 0 Å². The standard InChI is InChI=1S/C15H21NO2/c1-8(2)10-5-4-9(3)11(6-10)14(16)12-7-13(12)15(17)18/h4-6,8,12-14H,7,16H2,1-3H3,(H,17,18). The second kappa shape index (κ2) is 4.73. The van der Waals surface area contributed by atoms with Crippen LogP contribution in [-0.4, -0.2) is 11.1 Å². The third kappa shape index (κ3) is 2.41. The minimum atomic E-state index is -0.715. The maximum atomic E-state index is 10.9. The molecule has 2 rings (SSSR count). The van der Waals surface area contributed by atoms with E-state index in [0.29, 0.717) is 12.3 Å². The van der Waals surface area contributed by atoms with Crippen LogP contribution in [-0.2, 0) is 4.79 Å². The molecule has 3 nitrogen and oxygen atoms in total. The fourth-order valence-corrected chi connectivity index (χ4v) is 2.50. The summed E-state index contributed by atoms with van der Waals surface area (Å²) < 4.78 is 0. The number of nitrogens with two attached hydrogens (primary N) is 1. The van der Waals surface area contributed by atoms with Crippen molar-refractivity contribution >= 4 is 5.97 Å². The third-order valence-electron chi connectivity index (χ3n) is 3.95. The zero-order valence-corrected chi connectivity index (χ0v) is 11.2. The number of aryl methyl sites for hydroxylation is 1. The van der Waals surface area contributed by atoms with Crippen molar-refractivity contribution in [2.24, 2.45) is 17.6 Å². The molecular formula is C15H21NO2. The fourth-order valence-electron chi connectivity index (χ4n) is 2.50. The molecule has 0 radical (unpaired) electrons. The summed E-state index contributed by atoms with van der Waals surface area (Å²) in [6.45, 7) is 6.34. The molecule has 0 aliphatic heterocycles. The summed E-state index contributed by atoms with van der Waals surface area (Å²) in [4.78, 5) is 10.9. The lowest BCUT2D eigenvalue weighted by Crippen LogP contribution is -2.17. The molecule has 3 N–H and O–H groups in total. The molecule has 1 aliphatic rings. The summed E-state index contributed by atoms with van der Waals surface area (Å²) >= 11 is 0. The molecule has 1 aromatic carbocycles. The lowest BCUT2D eigenvalue weighted by molar-refractivity contribution is -0.138. The van der Waals surface area contributed by atoms with Crippen LogP contribution in [0, 0.1) is 18.8 Å². The average Bonchev–Trinajstić information content (AvgIpc) is 3.08. The van der Waals surface area contributed by atoms with E-state index in [0.717, 1.165) is 11.1 Å². The van der Waals surface area contributed by atoms with Gasteiger partial charge in [0.25, 0.3) is 0 Å². The molecule has 1 aromatic rings. The Labute approximate surface area is 108 Å². The molecule has 1 aliphatic carbocycles. The van der Waals surface area contributed by atoms with Gasteiger partial charge in [0.15, 0.2) is 0 Å². The van der Waals surface area contributed by atoms with Gasteiger partial charge in [-0.3, -0.25) is 4.79 Å². The highest BCUT2D eigenvalue weighted by atomic mass is 16.4. The largest absolute Gasteiger partial charge is 0.481 e. The maximum Gasteiger partial charge on any atom is 0.306 e. The molecule has 0 bridgehead atoms. The molecule has 0 saturated heterocycles. The number of hydrogen-bond donors (Lipinski definition) is 2. The van der Waals surface area contributed by atoms with E-state index >= 15 is 0 Å². The molecular weight excluding hydrogens is 226 g/mol. The quantitative estimate of drug-likeness (QED) is 0.860. The lowest BCUT2D eigenvalue weighted by Gasteiger charge is -2.17. The first-order valence-electron chi connectivity index (χ1n) is 6.50. The van der Waals surface area contributed by atoms with Crippen molar-refractivity contribution in [3.63, 3.8) is 0 Å². The van der Waals surface area contributed by atoms with Crippen molar-refractivity contribution in [2.75, 3.05) is 0 Å². The van der Waals surface area contributed by atoms with Gasteiger partial charge in [0.05, 0.1) is 5.92 Å². The Morgan fingerprint density at radius 3 is 2.61 bits per heavy atom. The smallest absolute Gasteiger partial charge is 0.306 e. The van der Waals surface area contributed by atoms with E-state index in [1.54, 1.807) is 0 Å². The van der Waals surface area contributed by atoms with Crippen molar-refractivity contribution in [2.45, 2.75) is 39.2 Å². The molecule has 0 heterocycles. The monoisotopic (exact) mass is 247 g/mol. The Kier molecular flexibility index (Phi) is 3.44. The lowest BCUT2D eigenvalue weighted by atomic mass is 9.92. The van der Waals surface area contributed by atoms with Crippen molar-refractivity contribution < 1.29 is 9.90 Å². The second-order valence-electron chi connectivity index (χ2n) is 5.64. The Bertz CT molecular complexity index is 468. The van der Waals surface area contributed by atoms with Crippen LogP contribution >= 0.6 is 0 Å². The SMILES string of the molecule is Cc1ccc(C(C)C)cc1C(N)C1CC1C(=O)O. The summed E-state index contributed by atoms with van der Waals surface area (Å²) in [5.74, 6) is -0.398. The number of carbonyl (C=O) groups is 1. The van der Waals surface area contributed by atoms with Crippen LogP contribution < -0.4 is 5.73 Å². The second-order valence-corrected chi connectivity index (χ2v) is 5.64. The Morgan fingerprint density at radius 1 is 1.44 bits per heavy atom. The molecule has 0 spiro atoms. The van der Waals surface area contributed by atoms with Crippen molar-refractivity contribution in [1.82, 2.24) is 0 Å². The van der Waals surface area contributed by atoms with Gasteiger partial charge in [-0.05, 0) is 41.9 Å². The van der Waals surface area contributed by atoms with E-state index in [1.165, 1.54) is 5.56 Å². The van der Waals surface area contributed by atoms with Gasteiger partial charge in [-0.1, -0.05) is 32.0 Å². The third-order valence-corrected chi connectivity index (χ3v) is 3.95. The van der Waals surface area contributed by atoms with Crippen LogP contribution in [0.1, 0.15) is 48.9 Å². The zero-order chi connectivity index (χ0) is 13.4. The molecule has 3 atom stereocenters. The number of carboxylic acid groups (broad SMARTS) is 1. The van der Waals surface area contributed by atoms with Gasteiger partial charge < -0.3 is 10.8 Å². The minimum absolute atomic E-state index is 0.101. The minimum Gasteiger partial charge on any atom is -0.481 e. The van der Waals surface area contributed by atoms with Crippen molar-refractivity contribution in [1.29, 1.82) is 0 Å². The molecule has 1 fully saturated rings. The van der Waals surface area contributed by atoms with E-state index in [9.17, 15) is 4.79 Å². The highest BCUT2D eigenvalue weighted by molar-refractivity contribution is 5.73. The van der Waals surface area contributed by atoms with Crippen LogP contribution in [0.15, 0.2) is 18.2 Å². The highest BCUT2D eigenvalue weighted by Gasteiger charge is 2.47. The van der Waals surface area contributed by atoms with E-state index in [4.69, 9.17) is 10.8 Å². The van der Waals surface area contributed by atoms with Gasteiger partial charge in [0, 0.05) is 6.04 Å². The number of aliphatic carboxylic acids is 1. The Morgan fingerprint density at radius 2 is 2.11 bits per heavy atom. The summed E-state index contributed by atoms with van der Waals surface area (Å²) in [5, 5.41) is 8.98. The van der Waals surface area contributed by atoms with Gasteiger partial charge >= 0.3 is 5.97 Å². The Balaban J connectivity index is 2.22. The molecule has 0 aromatic heterocycles. The normalized spacial score (nSPS) is 24.1. The van der Waals surface area contributed by atoms with Crippen LogP contribution in [0.4, 0.5) is 0 Å². The van der Waals surface area contributed by atoms with Gasteiger partial charge in [0.2, 0.25) is 0 Å². The first kappa shape index (κ1) is 13.1. The van der Waals surface area contributed by atoms with Crippen LogP contribution in [0.25, 0.3) is 0 Å². The zero-order valence-electron chi connectivity index (χ0n) is 11.2. The molecule has 98 valence electrons. The number of rotatable bonds is 4. The highest BCUT2D eigenvalue weighted by Crippen LogP contribution is 2.47. The molecule has 3 heteroatoms. The Hall–Kier alpha value is -1.35. The van der Waals surface area contributed by atoms with E-state index in [-0.39, 0.29) is 17.9 Å². The molecule has 3 unspecified atom stereocenters. The van der Waals surface area contributed by atoms with Crippen LogP contribution in [0.2, 0.25) is 0 Å². The average molecular weight is 247 g/mol. The summed E-state index contributed by atoms with van der Waals surface area (Å²) in [5.41, 5.74) is 9.76. The van der Waals surface area contributed by atoms with Crippen LogP contribution in [0.3, 0.4) is 0 Å². The predicted molar refractivity (Wildman–Crippen MR) is 71.4 cm³/mol. The van der Waals surface area contributed by atoms with Crippen LogP contribution in [0.5, 0.6) is 0 Å². The van der Waals surface area contributed by atoms with Gasteiger partial charge in [-0.25, -0.2) is 0 Å². The van der Waals surface area contributed by atoms with E-state index < -0.39 is 5.97 Å². The molecule has 1 saturated carbocycles. The summed E-state index contributed by atoms with van der Waals surface area (Å²) in [7, 11) is 0. The number of benzene rings is 1. The first-order chi connectivity index (χ1) is 8.41. The number of hydrogen-bond acceptors (Lipinski definition) is 2. The topological polar surface area (TPSA) is 63.3 Å². The maximum absolute atomic E-state index is 10.9. The molecule has 0 amide bonds. The van der Waals surface area contributed by atoms with Gasteiger partial charge in [0.1, 0.15) is 0 Å². The van der Waals surface area contributed by atoms with E-state index in [1.807, 2.05) is 6.92 Å². The first-order valence-corrected chi connectivity index (χ1v) is 6.50. The van der Waals surface area contributed by atoms with E-state index in [2.05, 4.69) is 32.0 Å². The van der Waals surface area contributed by atoms with Gasteiger partial charge in [-0.15, -0.1) is 0 Å². The summed E-state index contributed by atoms with van der Waals surface area (Å²) in [6, 6.07) is 6.20. The number of carboxylic acids is 1. The molecule has 18 heavy (non-hydrogen) atoms. The fraction of sp³-hybridized carbons (Fsp3) is 0.533. The van der Waals surface area contributed by atoms with Crippen molar-refractivity contribution in [3.8, 4) is 0 Å². The summed E-state index contributed by atoms with van der Waals surface area (Å²) in [6.07, 6.45) is 0.710. The van der Waals surface area contributed by atoms with Crippen molar-refractivity contribution in [3.05, 3.63) is 34.9 Å². The predicted octanol–water partition coefficient (Wildman–Crippen LogP) is 2.84.